The highest BCUT2D eigenvalue weighted by Gasteiger charge is 2.20. The van der Waals surface area contributed by atoms with Gasteiger partial charge >= 0.3 is 0 Å². The molecule has 0 unspecified atom stereocenters. The van der Waals surface area contributed by atoms with Crippen LogP contribution in [0.15, 0.2) is 92.6 Å². The Morgan fingerprint density at radius 1 is 0.800 bits per heavy atom. The average Bonchev–Trinajstić information content (AvgIpc) is 3.19. The van der Waals surface area contributed by atoms with Gasteiger partial charge in [0.1, 0.15) is 5.01 Å². The summed E-state index contributed by atoms with van der Waals surface area (Å²) in [6, 6.07) is 27.1. The van der Waals surface area contributed by atoms with Crippen molar-refractivity contribution >= 4 is 49.9 Å². The van der Waals surface area contributed by atoms with Gasteiger partial charge in [-0.05, 0) is 30.7 Å². The SMILES string of the molecule is Cc1nnc(Sc2c(-c3ccc(Br)cc3)nc3ccccc3c2-c2ccccc2)s1. The molecule has 2 aromatic heterocycles. The van der Waals surface area contributed by atoms with E-state index in [2.05, 4.69) is 92.9 Å². The second-order valence-corrected chi connectivity index (χ2v) is 10.1. The number of aromatic nitrogens is 3. The fourth-order valence-corrected chi connectivity index (χ4v) is 5.70. The van der Waals surface area contributed by atoms with E-state index in [1.165, 1.54) is 5.56 Å². The van der Waals surface area contributed by atoms with E-state index < -0.39 is 0 Å². The first-order chi connectivity index (χ1) is 14.7. The van der Waals surface area contributed by atoms with Crippen LogP contribution in [-0.2, 0) is 0 Å². The van der Waals surface area contributed by atoms with E-state index >= 15 is 0 Å². The fourth-order valence-electron chi connectivity index (χ4n) is 3.40. The van der Waals surface area contributed by atoms with Crippen LogP contribution in [0, 0.1) is 6.92 Å². The maximum atomic E-state index is 5.08. The molecular formula is C24H16BrN3S2. The lowest BCUT2D eigenvalue weighted by Gasteiger charge is -2.17. The number of rotatable bonds is 4. The minimum Gasteiger partial charge on any atom is -0.247 e. The molecule has 0 amide bonds. The minimum absolute atomic E-state index is 0.917. The Morgan fingerprint density at radius 3 is 2.27 bits per heavy atom. The summed E-state index contributed by atoms with van der Waals surface area (Å²) in [6.45, 7) is 1.98. The number of aryl methyl sites for hydroxylation is 1. The molecule has 6 heteroatoms. The maximum Gasteiger partial charge on any atom is 0.179 e. The summed E-state index contributed by atoms with van der Waals surface area (Å²) in [4.78, 5) is 6.18. The first kappa shape index (κ1) is 19.4. The molecule has 0 aliphatic rings. The van der Waals surface area contributed by atoms with Gasteiger partial charge in [-0.2, -0.15) is 0 Å². The van der Waals surface area contributed by atoms with Gasteiger partial charge in [-0.25, -0.2) is 4.98 Å². The zero-order valence-electron chi connectivity index (χ0n) is 16.0. The number of pyridine rings is 1. The number of para-hydroxylation sites is 1. The molecule has 3 aromatic carbocycles. The summed E-state index contributed by atoms with van der Waals surface area (Å²) < 4.78 is 1.96. The van der Waals surface area contributed by atoms with E-state index in [-0.39, 0.29) is 0 Å². The van der Waals surface area contributed by atoms with Gasteiger partial charge in [0.15, 0.2) is 4.34 Å². The van der Waals surface area contributed by atoms with Gasteiger partial charge in [-0.1, -0.05) is 99.7 Å². The number of hydrogen-bond donors (Lipinski definition) is 0. The summed E-state index contributed by atoms with van der Waals surface area (Å²) in [5.41, 5.74) is 5.35. The van der Waals surface area contributed by atoms with Crippen LogP contribution in [0.25, 0.3) is 33.3 Å². The Hall–Kier alpha value is -2.54. The van der Waals surface area contributed by atoms with Crippen LogP contribution in [0.4, 0.5) is 0 Å². The predicted octanol–water partition coefficient (Wildman–Crippen LogP) is 7.64. The molecule has 0 N–H and O–H groups in total. The van der Waals surface area contributed by atoms with Crippen LogP contribution >= 0.6 is 39.0 Å². The molecule has 0 radical (unpaired) electrons. The quantitative estimate of drug-likeness (QED) is 0.260. The van der Waals surface area contributed by atoms with Crippen LogP contribution in [-0.4, -0.2) is 15.2 Å². The zero-order valence-corrected chi connectivity index (χ0v) is 19.3. The standard InChI is InChI=1S/C24H16BrN3S2/c1-15-27-28-24(29-15)30-23-21(16-7-3-2-4-8-16)19-9-5-6-10-20(19)26-22(23)17-11-13-18(25)14-12-17/h2-14H,1H3. The van der Waals surface area contributed by atoms with Crippen molar-refractivity contribution in [3.05, 3.63) is 88.3 Å². The number of halogens is 1. The van der Waals surface area contributed by atoms with Crippen LogP contribution in [0.1, 0.15) is 5.01 Å². The van der Waals surface area contributed by atoms with Gasteiger partial charge in [0.2, 0.25) is 0 Å². The molecule has 0 bridgehead atoms. The second kappa shape index (κ2) is 8.30. The summed E-state index contributed by atoms with van der Waals surface area (Å²) in [5.74, 6) is 0. The Balaban J connectivity index is 1.85. The Bertz CT molecular complexity index is 1330. The number of hydrogen-bond acceptors (Lipinski definition) is 5. The first-order valence-electron chi connectivity index (χ1n) is 9.41. The molecule has 0 aliphatic carbocycles. The number of fused-ring (bicyclic) bond motifs is 1. The van der Waals surface area contributed by atoms with Crippen LogP contribution in [0.3, 0.4) is 0 Å². The average molecular weight is 490 g/mol. The van der Waals surface area contributed by atoms with E-state index in [1.807, 2.05) is 19.1 Å². The van der Waals surface area contributed by atoms with E-state index in [0.29, 0.717) is 0 Å². The Kier molecular flexibility index (Phi) is 5.37. The van der Waals surface area contributed by atoms with Crippen molar-refractivity contribution in [2.75, 3.05) is 0 Å². The molecule has 146 valence electrons. The van der Waals surface area contributed by atoms with Crippen molar-refractivity contribution < 1.29 is 0 Å². The monoisotopic (exact) mass is 489 g/mol. The zero-order chi connectivity index (χ0) is 20.5. The molecule has 3 nitrogen and oxygen atoms in total. The van der Waals surface area contributed by atoms with E-state index in [4.69, 9.17) is 4.98 Å². The van der Waals surface area contributed by atoms with E-state index in [0.717, 1.165) is 46.4 Å². The van der Waals surface area contributed by atoms with Crippen molar-refractivity contribution in [2.24, 2.45) is 0 Å². The van der Waals surface area contributed by atoms with Gasteiger partial charge in [0.05, 0.1) is 11.2 Å². The van der Waals surface area contributed by atoms with E-state index in [1.54, 1.807) is 23.1 Å². The Morgan fingerprint density at radius 2 is 1.53 bits per heavy atom. The Labute approximate surface area is 191 Å². The van der Waals surface area contributed by atoms with Crippen molar-refractivity contribution in [1.82, 2.24) is 15.2 Å². The third kappa shape index (κ3) is 3.78. The smallest absolute Gasteiger partial charge is 0.179 e. The van der Waals surface area contributed by atoms with E-state index in [9.17, 15) is 0 Å². The topological polar surface area (TPSA) is 38.7 Å². The molecule has 30 heavy (non-hydrogen) atoms. The van der Waals surface area contributed by atoms with Crippen LogP contribution in [0.5, 0.6) is 0 Å². The number of nitrogens with zero attached hydrogens (tertiary/aromatic N) is 3. The van der Waals surface area contributed by atoms with Crippen LogP contribution < -0.4 is 0 Å². The van der Waals surface area contributed by atoms with Gasteiger partial charge < -0.3 is 0 Å². The second-order valence-electron chi connectivity index (χ2n) is 6.74. The summed E-state index contributed by atoms with van der Waals surface area (Å²) in [7, 11) is 0. The van der Waals surface area contributed by atoms with Gasteiger partial charge in [-0.15, -0.1) is 10.2 Å². The lowest BCUT2D eigenvalue weighted by atomic mass is 9.98. The highest BCUT2D eigenvalue weighted by molar-refractivity contribution is 9.10. The molecule has 0 saturated carbocycles. The molecule has 0 aliphatic heterocycles. The lowest BCUT2D eigenvalue weighted by molar-refractivity contribution is 0.984. The fraction of sp³-hybridized carbons (Fsp3) is 0.0417. The normalized spacial score (nSPS) is 11.1. The predicted molar refractivity (Wildman–Crippen MR) is 129 cm³/mol. The highest BCUT2D eigenvalue weighted by atomic mass is 79.9. The maximum absolute atomic E-state index is 5.08. The summed E-state index contributed by atoms with van der Waals surface area (Å²) in [6.07, 6.45) is 0. The van der Waals surface area contributed by atoms with Crippen molar-refractivity contribution in [3.8, 4) is 22.4 Å². The molecule has 5 aromatic rings. The molecule has 0 fully saturated rings. The molecule has 5 rings (SSSR count). The molecule has 2 heterocycles. The third-order valence-electron chi connectivity index (χ3n) is 4.72. The van der Waals surface area contributed by atoms with Crippen molar-refractivity contribution in [2.45, 2.75) is 16.2 Å². The van der Waals surface area contributed by atoms with Gasteiger partial charge in [-0.3, -0.25) is 0 Å². The number of benzene rings is 3. The van der Waals surface area contributed by atoms with Gasteiger partial charge in [0, 0.05) is 25.9 Å². The highest BCUT2D eigenvalue weighted by Crippen LogP contribution is 2.45. The van der Waals surface area contributed by atoms with Gasteiger partial charge in [0.25, 0.3) is 0 Å². The van der Waals surface area contributed by atoms with Crippen LogP contribution in [0.2, 0.25) is 0 Å². The molecule has 0 saturated heterocycles. The largest absolute Gasteiger partial charge is 0.247 e. The van der Waals surface area contributed by atoms with Crippen molar-refractivity contribution in [1.29, 1.82) is 0 Å². The minimum atomic E-state index is 0.917. The third-order valence-corrected chi connectivity index (χ3v) is 7.24. The molecular weight excluding hydrogens is 474 g/mol. The summed E-state index contributed by atoms with van der Waals surface area (Å²) >= 11 is 6.79. The molecule has 0 spiro atoms. The summed E-state index contributed by atoms with van der Waals surface area (Å²) in [5, 5.41) is 10.7. The molecule has 0 atom stereocenters. The lowest BCUT2D eigenvalue weighted by Crippen LogP contribution is -1.95. The first-order valence-corrected chi connectivity index (χ1v) is 11.8. The van der Waals surface area contributed by atoms with Crippen molar-refractivity contribution in [3.63, 3.8) is 0 Å².